The first-order valence-corrected chi connectivity index (χ1v) is 5.12. The summed E-state index contributed by atoms with van der Waals surface area (Å²) in [6.07, 6.45) is 1.28. The van der Waals surface area contributed by atoms with Crippen molar-refractivity contribution in [1.29, 1.82) is 0 Å². The Morgan fingerprint density at radius 2 is 2.27 bits per heavy atom. The highest BCUT2D eigenvalue weighted by Crippen LogP contribution is 2.12. The van der Waals surface area contributed by atoms with Gasteiger partial charge in [-0.3, -0.25) is 4.79 Å². The van der Waals surface area contributed by atoms with E-state index in [4.69, 9.17) is 5.11 Å². The smallest absolute Gasteiger partial charge is 0.221 e. The van der Waals surface area contributed by atoms with Crippen molar-refractivity contribution >= 4 is 11.6 Å². The summed E-state index contributed by atoms with van der Waals surface area (Å²) < 4.78 is 0. The van der Waals surface area contributed by atoms with Crippen LogP contribution in [0.2, 0.25) is 0 Å². The molecule has 1 atom stereocenters. The van der Waals surface area contributed by atoms with Gasteiger partial charge in [-0.2, -0.15) is 0 Å². The van der Waals surface area contributed by atoms with Gasteiger partial charge < -0.3 is 10.4 Å². The summed E-state index contributed by atoms with van der Waals surface area (Å²) in [6, 6.07) is 7.69. The first-order chi connectivity index (χ1) is 7.08. The minimum atomic E-state index is -0.283. The zero-order valence-corrected chi connectivity index (χ0v) is 9.16. The molecule has 1 aromatic rings. The number of anilines is 1. The molecule has 1 aromatic carbocycles. The topological polar surface area (TPSA) is 49.3 Å². The molecule has 0 unspecified atom stereocenters. The van der Waals surface area contributed by atoms with Crippen molar-refractivity contribution in [3.8, 4) is 0 Å². The quantitative estimate of drug-likeness (QED) is 0.793. The van der Waals surface area contributed by atoms with Crippen molar-refractivity contribution in [1.82, 2.24) is 0 Å². The molecule has 3 heteroatoms. The first kappa shape index (κ1) is 11.7. The van der Waals surface area contributed by atoms with E-state index in [1.54, 1.807) is 6.92 Å². The zero-order chi connectivity index (χ0) is 11.3. The van der Waals surface area contributed by atoms with Gasteiger partial charge in [0, 0.05) is 12.6 Å². The van der Waals surface area contributed by atoms with Gasteiger partial charge in [0.1, 0.15) is 0 Å². The Hall–Kier alpha value is -1.35. The lowest BCUT2D eigenvalue weighted by atomic mass is 10.1. The average molecular weight is 207 g/mol. The van der Waals surface area contributed by atoms with Crippen LogP contribution < -0.4 is 5.32 Å². The third-order valence-corrected chi connectivity index (χ3v) is 2.10. The highest BCUT2D eigenvalue weighted by atomic mass is 16.3. The average Bonchev–Trinajstić information content (AvgIpc) is 2.14. The van der Waals surface area contributed by atoms with Gasteiger partial charge in [0.15, 0.2) is 0 Å². The number of aliphatic hydroxyl groups excluding tert-OH is 1. The fraction of sp³-hybridized carbons (Fsp3) is 0.417. The summed E-state index contributed by atoms with van der Waals surface area (Å²) in [7, 11) is 0. The monoisotopic (exact) mass is 207 g/mol. The molecule has 0 bridgehead atoms. The van der Waals surface area contributed by atoms with Crippen molar-refractivity contribution in [3.63, 3.8) is 0 Å². The molecule has 0 spiro atoms. The van der Waals surface area contributed by atoms with Crippen LogP contribution in [0.1, 0.15) is 25.8 Å². The van der Waals surface area contributed by atoms with Crippen molar-refractivity contribution in [3.05, 3.63) is 29.8 Å². The van der Waals surface area contributed by atoms with Crippen LogP contribution >= 0.6 is 0 Å². The molecular formula is C12H17NO2. The lowest BCUT2D eigenvalue weighted by Gasteiger charge is -2.07. The van der Waals surface area contributed by atoms with E-state index in [9.17, 15) is 4.79 Å². The fourth-order valence-corrected chi connectivity index (χ4v) is 1.38. The van der Waals surface area contributed by atoms with Crippen LogP contribution in [0.3, 0.4) is 0 Å². The van der Waals surface area contributed by atoms with E-state index < -0.39 is 0 Å². The van der Waals surface area contributed by atoms with Crippen LogP contribution in [0.5, 0.6) is 0 Å². The van der Waals surface area contributed by atoms with Gasteiger partial charge in [0.2, 0.25) is 5.91 Å². The Morgan fingerprint density at radius 1 is 1.53 bits per heavy atom. The Morgan fingerprint density at radius 3 is 2.87 bits per heavy atom. The number of hydrogen-bond donors (Lipinski definition) is 2. The number of rotatable bonds is 4. The van der Waals surface area contributed by atoms with Crippen LogP contribution in [-0.2, 0) is 11.2 Å². The molecule has 1 amide bonds. The summed E-state index contributed by atoms with van der Waals surface area (Å²) in [6.45, 7) is 3.26. The minimum absolute atomic E-state index is 0.0670. The van der Waals surface area contributed by atoms with Crippen LogP contribution in [0.15, 0.2) is 24.3 Å². The summed E-state index contributed by atoms with van der Waals surface area (Å²) in [4.78, 5) is 10.8. The van der Waals surface area contributed by atoms with E-state index in [0.29, 0.717) is 0 Å². The molecule has 82 valence electrons. The number of aryl methyl sites for hydroxylation is 1. The summed E-state index contributed by atoms with van der Waals surface area (Å²) >= 11 is 0. The summed E-state index contributed by atoms with van der Waals surface area (Å²) in [5.74, 6) is -0.0670. The van der Waals surface area contributed by atoms with Gasteiger partial charge in [0.25, 0.3) is 0 Å². The summed E-state index contributed by atoms with van der Waals surface area (Å²) in [5, 5.41) is 11.9. The van der Waals surface area contributed by atoms with Crippen molar-refractivity contribution in [2.45, 2.75) is 32.8 Å². The van der Waals surface area contributed by atoms with E-state index in [1.807, 2.05) is 24.3 Å². The van der Waals surface area contributed by atoms with Gasteiger partial charge in [0.05, 0.1) is 6.10 Å². The Labute approximate surface area is 90.1 Å². The van der Waals surface area contributed by atoms with E-state index in [-0.39, 0.29) is 12.0 Å². The van der Waals surface area contributed by atoms with Crippen LogP contribution in [-0.4, -0.2) is 17.1 Å². The van der Waals surface area contributed by atoms with Gasteiger partial charge in [-0.15, -0.1) is 0 Å². The second-order valence-corrected chi connectivity index (χ2v) is 3.77. The van der Waals surface area contributed by atoms with E-state index in [1.165, 1.54) is 6.92 Å². The minimum Gasteiger partial charge on any atom is -0.393 e. The Kier molecular flexibility index (Phi) is 4.31. The number of benzene rings is 1. The number of carbonyl (C=O) groups excluding carboxylic acids is 1. The molecule has 2 N–H and O–H groups in total. The predicted octanol–water partition coefficient (Wildman–Crippen LogP) is 1.96. The van der Waals surface area contributed by atoms with E-state index in [0.717, 1.165) is 24.1 Å². The molecule has 0 aliphatic heterocycles. The number of carbonyl (C=O) groups is 1. The molecule has 0 radical (unpaired) electrons. The molecule has 0 fully saturated rings. The molecule has 15 heavy (non-hydrogen) atoms. The third kappa shape index (κ3) is 4.61. The highest BCUT2D eigenvalue weighted by Gasteiger charge is 2.00. The van der Waals surface area contributed by atoms with Gasteiger partial charge >= 0.3 is 0 Å². The largest absolute Gasteiger partial charge is 0.393 e. The lowest BCUT2D eigenvalue weighted by molar-refractivity contribution is -0.114. The standard InChI is InChI=1S/C12H17NO2/c1-9(14)6-7-11-4-3-5-12(8-11)13-10(2)15/h3-5,8-9,14H,6-7H2,1-2H3,(H,13,15)/t9-/m1/s1. The maximum Gasteiger partial charge on any atom is 0.221 e. The number of nitrogens with one attached hydrogen (secondary N) is 1. The van der Waals surface area contributed by atoms with Crippen molar-refractivity contribution in [2.24, 2.45) is 0 Å². The first-order valence-electron chi connectivity index (χ1n) is 5.12. The molecule has 0 saturated heterocycles. The van der Waals surface area contributed by atoms with Crippen LogP contribution in [0.4, 0.5) is 5.69 Å². The number of aliphatic hydroxyl groups is 1. The molecule has 3 nitrogen and oxygen atoms in total. The van der Waals surface area contributed by atoms with E-state index in [2.05, 4.69) is 5.32 Å². The van der Waals surface area contributed by atoms with E-state index >= 15 is 0 Å². The fourth-order valence-electron chi connectivity index (χ4n) is 1.38. The molecule has 0 aliphatic carbocycles. The Bertz CT molecular complexity index is 334. The lowest BCUT2D eigenvalue weighted by Crippen LogP contribution is -2.06. The van der Waals surface area contributed by atoms with Crippen LogP contribution in [0, 0.1) is 0 Å². The molecule has 1 rings (SSSR count). The SMILES string of the molecule is CC(=O)Nc1cccc(CC[C@@H](C)O)c1. The van der Waals surface area contributed by atoms with Gasteiger partial charge in [-0.25, -0.2) is 0 Å². The van der Waals surface area contributed by atoms with Crippen LogP contribution in [0.25, 0.3) is 0 Å². The van der Waals surface area contributed by atoms with Gasteiger partial charge in [-0.05, 0) is 37.5 Å². The summed E-state index contributed by atoms with van der Waals surface area (Å²) in [5.41, 5.74) is 1.94. The predicted molar refractivity (Wildman–Crippen MR) is 60.7 cm³/mol. The molecular weight excluding hydrogens is 190 g/mol. The highest BCUT2D eigenvalue weighted by molar-refractivity contribution is 5.88. The second kappa shape index (κ2) is 5.51. The molecule has 0 saturated carbocycles. The second-order valence-electron chi connectivity index (χ2n) is 3.77. The molecule has 0 heterocycles. The normalized spacial score (nSPS) is 12.2. The number of amides is 1. The third-order valence-electron chi connectivity index (χ3n) is 2.10. The maximum atomic E-state index is 10.8. The van der Waals surface area contributed by atoms with Gasteiger partial charge in [-0.1, -0.05) is 12.1 Å². The van der Waals surface area contributed by atoms with Crippen molar-refractivity contribution in [2.75, 3.05) is 5.32 Å². The molecule has 0 aliphatic rings. The zero-order valence-electron chi connectivity index (χ0n) is 9.16. The Balaban J connectivity index is 2.61. The molecule has 0 aromatic heterocycles. The maximum absolute atomic E-state index is 10.8. The van der Waals surface area contributed by atoms with Crippen molar-refractivity contribution < 1.29 is 9.90 Å². The number of hydrogen-bond acceptors (Lipinski definition) is 2.